The van der Waals surface area contributed by atoms with Crippen LogP contribution in [0.3, 0.4) is 0 Å². The Kier molecular flexibility index (Phi) is 7.01. The number of nitrogens with zero attached hydrogens (tertiary/aromatic N) is 4. The second kappa shape index (κ2) is 10.3. The Balaban J connectivity index is 1.26. The van der Waals surface area contributed by atoms with Crippen LogP contribution < -0.4 is 15.0 Å². The van der Waals surface area contributed by atoms with E-state index in [-0.39, 0.29) is 12.3 Å². The molecule has 8 nitrogen and oxygen atoms in total. The second-order valence-electron chi connectivity index (χ2n) is 7.76. The number of likely N-dealkylation sites (N-methyl/N-ethyl adjacent to an activating group) is 1. The lowest BCUT2D eigenvalue weighted by Gasteiger charge is -2.35. The summed E-state index contributed by atoms with van der Waals surface area (Å²) < 4.78 is 10.5. The average Bonchev–Trinajstić information content (AvgIpc) is 3.32. The van der Waals surface area contributed by atoms with E-state index >= 15 is 0 Å². The number of ether oxygens (including phenoxy) is 1. The number of rotatable bonds is 8. The molecule has 0 spiro atoms. The summed E-state index contributed by atoms with van der Waals surface area (Å²) in [5, 5.41) is 6.94. The van der Waals surface area contributed by atoms with E-state index < -0.39 is 0 Å². The fourth-order valence-electron chi connectivity index (χ4n) is 3.74. The van der Waals surface area contributed by atoms with Crippen molar-refractivity contribution in [3.63, 3.8) is 0 Å². The zero-order valence-corrected chi connectivity index (χ0v) is 18.6. The van der Waals surface area contributed by atoms with Crippen LogP contribution in [-0.2, 0) is 11.2 Å². The Morgan fingerprint density at radius 1 is 1.06 bits per heavy atom. The average molecular weight is 436 g/mol. The number of hydrogen-bond donors (Lipinski definition) is 1. The smallest absolute Gasteiger partial charge is 0.227 e. The van der Waals surface area contributed by atoms with Gasteiger partial charge in [-0.25, -0.2) is 0 Å². The molecule has 32 heavy (non-hydrogen) atoms. The summed E-state index contributed by atoms with van der Waals surface area (Å²) in [6, 6.07) is 15.5. The minimum Gasteiger partial charge on any atom is -0.497 e. The highest BCUT2D eigenvalue weighted by Crippen LogP contribution is 2.21. The van der Waals surface area contributed by atoms with Crippen LogP contribution in [0.2, 0.25) is 0 Å². The van der Waals surface area contributed by atoms with Crippen molar-refractivity contribution < 1.29 is 14.1 Å². The van der Waals surface area contributed by atoms with E-state index in [2.05, 4.69) is 44.3 Å². The molecule has 2 heterocycles. The number of carbonyl (C=O) groups is 1. The fourth-order valence-corrected chi connectivity index (χ4v) is 3.74. The van der Waals surface area contributed by atoms with Gasteiger partial charge in [-0.05, 0) is 55.1 Å². The van der Waals surface area contributed by atoms with Gasteiger partial charge in [-0.2, -0.15) is 4.98 Å². The molecule has 1 saturated heterocycles. The van der Waals surface area contributed by atoms with Crippen LogP contribution in [0.1, 0.15) is 19.2 Å². The predicted molar refractivity (Wildman–Crippen MR) is 124 cm³/mol. The molecule has 1 amide bonds. The Hall–Kier alpha value is -3.39. The van der Waals surface area contributed by atoms with E-state index in [1.54, 1.807) is 7.11 Å². The summed E-state index contributed by atoms with van der Waals surface area (Å²) in [7, 11) is 1.62. The Morgan fingerprint density at radius 2 is 1.78 bits per heavy atom. The summed E-state index contributed by atoms with van der Waals surface area (Å²) >= 11 is 0. The number of methoxy groups -OCH3 is 1. The van der Waals surface area contributed by atoms with Crippen molar-refractivity contribution in [2.45, 2.75) is 19.8 Å². The van der Waals surface area contributed by atoms with Gasteiger partial charge in [0.1, 0.15) is 5.75 Å². The highest BCUT2D eigenvalue weighted by Gasteiger charge is 2.16. The first-order valence-corrected chi connectivity index (χ1v) is 11.0. The first-order valence-electron chi connectivity index (χ1n) is 11.0. The largest absolute Gasteiger partial charge is 0.497 e. The number of carbonyl (C=O) groups excluding carboxylic acids is 1. The summed E-state index contributed by atoms with van der Waals surface area (Å²) in [6.07, 6.45) is 0.653. The van der Waals surface area contributed by atoms with E-state index in [0.717, 1.165) is 49.7 Å². The molecule has 1 aliphatic heterocycles. The molecule has 0 atom stereocenters. The third-order valence-electron chi connectivity index (χ3n) is 5.72. The number of benzene rings is 2. The van der Waals surface area contributed by atoms with Crippen LogP contribution in [0.15, 0.2) is 53.1 Å². The standard InChI is InChI=1S/C24H29N5O3/c1-3-28-14-16-29(17-15-28)20-8-6-19(7-9-20)25-22(30)12-13-23-26-24(27-32-23)18-4-10-21(31-2)11-5-18/h4-11H,3,12-17H2,1-2H3,(H,25,30). The van der Waals surface area contributed by atoms with Gasteiger partial charge in [-0.1, -0.05) is 12.1 Å². The molecule has 2 aromatic carbocycles. The molecule has 0 radical (unpaired) electrons. The Labute approximate surface area is 188 Å². The van der Waals surface area contributed by atoms with Crippen LogP contribution in [0.25, 0.3) is 11.4 Å². The lowest BCUT2D eigenvalue weighted by molar-refractivity contribution is -0.116. The van der Waals surface area contributed by atoms with Gasteiger partial charge in [-0.3, -0.25) is 4.79 Å². The van der Waals surface area contributed by atoms with Crippen molar-refractivity contribution in [2.75, 3.05) is 50.1 Å². The number of aromatic nitrogens is 2. The normalized spacial score (nSPS) is 14.4. The molecule has 1 aliphatic rings. The topological polar surface area (TPSA) is 83.7 Å². The van der Waals surface area contributed by atoms with Crippen LogP contribution >= 0.6 is 0 Å². The van der Waals surface area contributed by atoms with E-state index in [0.29, 0.717) is 18.1 Å². The van der Waals surface area contributed by atoms with Gasteiger partial charge >= 0.3 is 0 Å². The van der Waals surface area contributed by atoms with Crippen LogP contribution in [0.4, 0.5) is 11.4 Å². The number of aryl methyl sites for hydroxylation is 1. The van der Waals surface area contributed by atoms with Crippen LogP contribution in [-0.4, -0.2) is 60.8 Å². The van der Waals surface area contributed by atoms with E-state index in [4.69, 9.17) is 9.26 Å². The number of amides is 1. The third kappa shape index (κ3) is 5.45. The van der Waals surface area contributed by atoms with Gasteiger partial charge in [0.25, 0.3) is 0 Å². The number of hydrogen-bond acceptors (Lipinski definition) is 7. The first kappa shape index (κ1) is 21.8. The summed E-state index contributed by atoms with van der Waals surface area (Å²) in [5.74, 6) is 1.62. The zero-order valence-electron chi connectivity index (χ0n) is 18.6. The second-order valence-corrected chi connectivity index (χ2v) is 7.76. The Bertz CT molecular complexity index is 1010. The van der Waals surface area contributed by atoms with Gasteiger partial charge in [-0.15, -0.1) is 0 Å². The SMILES string of the molecule is CCN1CCN(c2ccc(NC(=O)CCc3nc(-c4ccc(OC)cc4)no3)cc2)CC1. The zero-order chi connectivity index (χ0) is 22.3. The van der Waals surface area contributed by atoms with Crippen molar-refractivity contribution in [2.24, 2.45) is 0 Å². The van der Waals surface area contributed by atoms with Gasteiger partial charge in [0, 0.05) is 56.0 Å². The maximum absolute atomic E-state index is 12.4. The van der Waals surface area contributed by atoms with E-state index in [1.165, 1.54) is 5.69 Å². The van der Waals surface area contributed by atoms with Gasteiger partial charge in [0.2, 0.25) is 17.6 Å². The lowest BCUT2D eigenvalue weighted by atomic mass is 10.2. The maximum atomic E-state index is 12.4. The summed E-state index contributed by atoms with van der Waals surface area (Å²) in [6.45, 7) is 7.54. The maximum Gasteiger partial charge on any atom is 0.227 e. The lowest BCUT2D eigenvalue weighted by Crippen LogP contribution is -2.46. The van der Waals surface area contributed by atoms with Crippen molar-refractivity contribution in [3.05, 3.63) is 54.4 Å². The summed E-state index contributed by atoms with van der Waals surface area (Å²) in [5.41, 5.74) is 2.81. The first-order chi connectivity index (χ1) is 15.6. The highest BCUT2D eigenvalue weighted by molar-refractivity contribution is 5.91. The van der Waals surface area contributed by atoms with Gasteiger partial charge in [0.15, 0.2) is 0 Å². The molecule has 168 valence electrons. The molecule has 1 aromatic heterocycles. The molecule has 0 aliphatic carbocycles. The van der Waals surface area contributed by atoms with Crippen molar-refractivity contribution in [1.82, 2.24) is 15.0 Å². The molecule has 0 bridgehead atoms. The van der Waals surface area contributed by atoms with Crippen molar-refractivity contribution in [1.29, 1.82) is 0 Å². The molecule has 3 aromatic rings. The quantitative estimate of drug-likeness (QED) is 0.580. The Morgan fingerprint density at radius 3 is 2.44 bits per heavy atom. The molecular formula is C24H29N5O3. The van der Waals surface area contributed by atoms with Crippen molar-refractivity contribution >= 4 is 17.3 Å². The predicted octanol–water partition coefficient (Wildman–Crippen LogP) is 3.46. The third-order valence-corrected chi connectivity index (χ3v) is 5.72. The van der Waals surface area contributed by atoms with Gasteiger partial charge in [0.05, 0.1) is 7.11 Å². The molecule has 1 fully saturated rings. The van der Waals surface area contributed by atoms with Crippen LogP contribution in [0, 0.1) is 0 Å². The number of nitrogens with one attached hydrogen (secondary N) is 1. The molecule has 4 rings (SSSR count). The van der Waals surface area contributed by atoms with Crippen molar-refractivity contribution in [3.8, 4) is 17.1 Å². The minimum atomic E-state index is -0.0847. The molecule has 0 unspecified atom stereocenters. The minimum absolute atomic E-state index is 0.0847. The van der Waals surface area contributed by atoms with E-state index in [9.17, 15) is 4.79 Å². The molecular weight excluding hydrogens is 406 g/mol. The molecule has 8 heteroatoms. The molecule has 0 saturated carbocycles. The number of anilines is 2. The highest BCUT2D eigenvalue weighted by atomic mass is 16.5. The number of piperazine rings is 1. The van der Waals surface area contributed by atoms with E-state index in [1.807, 2.05) is 36.4 Å². The van der Waals surface area contributed by atoms with Gasteiger partial charge < -0.3 is 24.4 Å². The summed E-state index contributed by atoms with van der Waals surface area (Å²) in [4.78, 5) is 21.6. The van der Waals surface area contributed by atoms with Crippen LogP contribution in [0.5, 0.6) is 5.75 Å². The fraction of sp³-hybridized carbons (Fsp3) is 0.375. The molecule has 1 N–H and O–H groups in total. The monoisotopic (exact) mass is 435 g/mol.